The van der Waals surface area contributed by atoms with Gasteiger partial charge in [0.25, 0.3) is 5.91 Å². The van der Waals surface area contributed by atoms with Gasteiger partial charge in [-0.1, -0.05) is 23.2 Å². The number of benzene rings is 2. The van der Waals surface area contributed by atoms with Crippen LogP contribution in [0.15, 0.2) is 35.1 Å². The maximum absolute atomic E-state index is 12.7. The molecule has 0 radical (unpaired) electrons. The molecule has 5 nitrogen and oxygen atoms in total. The first kappa shape index (κ1) is 14.7. The first-order valence-corrected chi connectivity index (χ1v) is 7.14. The van der Waals surface area contributed by atoms with Gasteiger partial charge in [-0.25, -0.2) is 9.36 Å². The molecule has 1 heterocycles. The molecule has 2 aromatic carbocycles. The van der Waals surface area contributed by atoms with Crippen molar-refractivity contribution in [3.8, 4) is 0 Å². The number of fused-ring (bicyclic) bond motifs is 1. The van der Waals surface area contributed by atoms with E-state index in [1.165, 1.54) is 12.1 Å². The summed E-state index contributed by atoms with van der Waals surface area (Å²) in [5.74, 6) is -0.526. The molecule has 0 amide bonds. The fraction of sp³-hybridized carbons (Fsp3) is 0.0667. The minimum Gasteiger partial charge on any atom is -0.398 e. The van der Waals surface area contributed by atoms with Crippen LogP contribution in [0, 0.1) is 6.92 Å². The van der Waals surface area contributed by atoms with Crippen LogP contribution in [0.2, 0.25) is 10.0 Å². The van der Waals surface area contributed by atoms with Crippen molar-refractivity contribution in [2.45, 2.75) is 6.92 Å². The third-order valence-electron chi connectivity index (χ3n) is 3.43. The number of halogens is 2. The largest absolute Gasteiger partial charge is 0.398 e. The number of imidazole rings is 1. The number of anilines is 1. The zero-order valence-electron chi connectivity index (χ0n) is 11.5. The summed E-state index contributed by atoms with van der Waals surface area (Å²) in [5, 5.41) is 0.599. The maximum atomic E-state index is 12.7. The molecule has 0 aliphatic rings. The lowest BCUT2D eigenvalue weighted by atomic mass is 10.1. The Balaban J connectivity index is 2.25. The number of nitrogens with zero attached hydrogens (tertiary/aromatic N) is 1. The molecule has 3 aromatic rings. The highest BCUT2D eigenvalue weighted by atomic mass is 35.5. The van der Waals surface area contributed by atoms with E-state index in [0.717, 1.165) is 10.1 Å². The molecule has 0 spiro atoms. The van der Waals surface area contributed by atoms with Gasteiger partial charge in [-0.3, -0.25) is 4.79 Å². The van der Waals surface area contributed by atoms with Crippen molar-refractivity contribution in [1.82, 2.24) is 9.55 Å². The average Bonchev–Trinajstić information content (AvgIpc) is 2.74. The molecule has 22 heavy (non-hydrogen) atoms. The number of hydrogen-bond acceptors (Lipinski definition) is 3. The van der Waals surface area contributed by atoms with E-state index in [1.807, 2.05) is 0 Å². The van der Waals surface area contributed by atoms with Crippen LogP contribution in [-0.4, -0.2) is 15.5 Å². The van der Waals surface area contributed by atoms with Gasteiger partial charge in [-0.15, -0.1) is 0 Å². The summed E-state index contributed by atoms with van der Waals surface area (Å²) < 4.78 is 1.04. The van der Waals surface area contributed by atoms with Gasteiger partial charge in [0.05, 0.1) is 21.6 Å². The average molecular weight is 336 g/mol. The van der Waals surface area contributed by atoms with Gasteiger partial charge >= 0.3 is 5.69 Å². The SMILES string of the molecule is Cc1cc2c(cc1N)[nH]c(=O)n2C(=O)c1ccc(Cl)cc1Cl. The highest BCUT2D eigenvalue weighted by Gasteiger charge is 2.19. The number of aryl methyl sites for hydroxylation is 1. The van der Waals surface area contributed by atoms with E-state index in [9.17, 15) is 9.59 Å². The monoisotopic (exact) mass is 335 g/mol. The van der Waals surface area contributed by atoms with E-state index in [0.29, 0.717) is 21.7 Å². The number of aromatic nitrogens is 2. The summed E-state index contributed by atoms with van der Waals surface area (Å²) in [4.78, 5) is 27.4. The van der Waals surface area contributed by atoms with Gasteiger partial charge in [0.2, 0.25) is 0 Å². The second-order valence-corrected chi connectivity index (χ2v) is 5.76. The molecule has 112 valence electrons. The van der Waals surface area contributed by atoms with E-state index in [4.69, 9.17) is 28.9 Å². The minimum absolute atomic E-state index is 0.186. The lowest BCUT2D eigenvalue weighted by molar-refractivity contribution is 0.0961. The highest BCUT2D eigenvalue weighted by molar-refractivity contribution is 6.36. The first-order chi connectivity index (χ1) is 10.4. The molecule has 7 heteroatoms. The molecule has 0 unspecified atom stereocenters. The van der Waals surface area contributed by atoms with Crippen LogP contribution in [0.4, 0.5) is 5.69 Å². The van der Waals surface area contributed by atoms with Crippen LogP contribution in [0.3, 0.4) is 0 Å². The molecule has 0 atom stereocenters. The Labute approximate surface area is 135 Å². The van der Waals surface area contributed by atoms with Crippen molar-refractivity contribution >= 4 is 45.8 Å². The molecule has 0 fully saturated rings. The normalized spacial score (nSPS) is 11.0. The molecule has 0 saturated carbocycles. The van der Waals surface area contributed by atoms with Crippen LogP contribution in [0.25, 0.3) is 11.0 Å². The Morgan fingerprint density at radius 2 is 1.95 bits per heavy atom. The van der Waals surface area contributed by atoms with Crippen molar-refractivity contribution in [3.63, 3.8) is 0 Å². The molecule has 1 aromatic heterocycles. The summed E-state index contributed by atoms with van der Waals surface area (Å²) in [6.07, 6.45) is 0. The summed E-state index contributed by atoms with van der Waals surface area (Å²) in [6, 6.07) is 7.80. The van der Waals surface area contributed by atoms with Crippen molar-refractivity contribution < 1.29 is 4.79 Å². The number of carbonyl (C=O) groups is 1. The van der Waals surface area contributed by atoms with Crippen molar-refractivity contribution in [2.24, 2.45) is 0 Å². The number of H-pyrrole nitrogens is 1. The Morgan fingerprint density at radius 3 is 2.64 bits per heavy atom. The molecule has 0 saturated heterocycles. The molecular formula is C15H11Cl2N3O2. The molecular weight excluding hydrogens is 325 g/mol. The zero-order chi connectivity index (χ0) is 16.0. The zero-order valence-corrected chi connectivity index (χ0v) is 13.0. The third kappa shape index (κ3) is 2.28. The summed E-state index contributed by atoms with van der Waals surface area (Å²) in [7, 11) is 0. The van der Waals surface area contributed by atoms with Gasteiger partial charge in [0.1, 0.15) is 0 Å². The first-order valence-electron chi connectivity index (χ1n) is 6.39. The van der Waals surface area contributed by atoms with Gasteiger partial charge < -0.3 is 10.7 Å². The molecule has 0 bridgehead atoms. The van der Waals surface area contributed by atoms with Crippen LogP contribution >= 0.6 is 23.2 Å². The van der Waals surface area contributed by atoms with Gasteiger partial charge in [-0.05, 0) is 42.8 Å². The van der Waals surface area contributed by atoms with Crippen LogP contribution in [0.5, 0.6) is 0 Å². The quantitative estimate of drug-likeness (QED) is 0.670. The van der Waals surface area contributed by atoms with Crippen molar-refractivity contribution in [3.05, 3.63) is 62.0 Å². The van der Waals surface area contributed by atoms with E-state index in [2.05, 4.69) is 4.98 Å². The fourth-order valence-electron chi connectivity index (χ4n) is 2.26. The summed E-state index contributed by atoms with van der Waals surface area (Å²) in [6.45, 7) is 1.80. The number of hydrogen-bond donors (Lipinski definition) is 2. The standard InChI is InChI=1S/C15H11Cl2N3O2/c1-7-4-13-12(6-11(7)18)19-15(22)20(13)14(21)9-3-2-8(16)5-10(9)17/h2-6H,18H2,1H3,(H,19,22). The van der Waals surface area contributed by atoms with Crippen molar-refractivity contribution in [1.29, 1.82) is 0 Å². The topological polar surface area (TPSA) is 80.9 Å². The number of nitrogens with two attached hydrogens (primary N) is 1. The summed E-state index contributed by atoms with van der Waals surface area (Å²) >= 11 is 11.9. The second-order valence-electron chi connectivity index (χ2n) is 4.92. The minimum atomic E-state index is -0.545. The lowest BCUT2D eigenvalue weighted by Crippen LogP contribution is -2.25. The Bertz CT molecular complexity index is 973. The number of carbonyl (C=O) groups excluding carboxylic acids is 1. The van der Waals surface area contributed by atoms with Gasteiger partial charge in [-0.2, -0.15) is 0 Å². The highest BCUT2D eigenvalue weighted by Crippen LogP contribution is 2.24. The Morgan fingerprint density at radius 1 is 1.23 bits per heavy atom. The van der Waals surface area contributed by atoms with E-state index in [-0.39, 0.29) is 10.6 Å². The lowest BCUT2D eigenvalue weighted by Gasteiger charge is -2.06. The molecule has 3 rings (SSSR count). The van der Waals surface area contributed by atoms with Crippen LogP contribution in [0.1, 0.15) is 15.9 Å². The maximum Gasteiger partial charge on any atom is 0.333 e. The van der Waals surface area contributed by atoms with Gasteiger partial charge in [0.15, 0.2) is 0 Å². The predicted molar refractivity (Wildman–Crippen MR) is 87.9 cm³/mol. The summed E-state index contributed by atoms with van der Waals surface area (Å²) in [5.41, 5.74) is 7.73. The Kier molecular flexibility index (Phi) is 3.47. The van der Waals surface area contributed by atoms with Crippen LogP contribution in [-0.2, 0) is 0 Å². The van der Waals surface area contributed by atoms with Crippen LogP contribution < -0.4 is 11.4 Å². The molecule has 3 N–H and O–H groups in total. The van der Waals surface area contributed by atoms with E-state index < -0.39 is 11.6 Å². The van der Waals surface area contributed by atoms with E-state index >= 15 is 0 Å². The third-order valence-corrected chi connectivity index (χ3v) is 3.98. The molecule has 0 aliphatic carbocycles. The number of aromatic amines is 1. The Hall–Kier alpha value is -2.24. The number of rotatable bonds is 1. The smallest absolute Gasteiger partial charge is 0.333 e. The number of nitrogens with one attached hydrogen (secondary N) is 1. The van der Waals surface area contributed by atoms with Crippen molar-refractivity contribution in [2.75, 3.05) is 5.73 Å². The fourth-order valence-corrected chi connectivity index (χ4v) is 2.75. The second kappa shape index (κ2) is 5.19. The number of nitrogen functional groups attached to an aromatic ring is 1. The van der Waals surface area contributed by atoms with E-state index in [1.54, 1.807) is 25.1 Å². The molecule has 0 aliphatic heterocycles. The van der Waals surface area contributed by atoms with Gasteiger partial charge in [0, 0.05) is 10.7 Å². The predicted octanol–water partition coefficient (Wildman–Crippen LogP) is 3.22.